The van der Waals surface area contributed by atoms with E-state index in [1.165, 1.54) is 11.8 Å². The standard InChI is InChI=1S/C14H9Cl3O2S/c15-11-5-4-9(6-10(11)14(18)19)20-7-8-2-1-3-12(16)13(8)17/h1-6H,7H2,(H,18,19). The SMILES string of the molecule is O=C(O)c1cc(SCc2cccc(Cl)c2Cl)ccc1Cl. The Bertz CT molecular complexity index is 659. The summed E-state index contributed by atoms with van der Waals surface area (Å²) in [5, 5.41) is 10.3. The number of halogens is 3. The van der Waals surface area contributed by atoms with Crippen molar-refractivity contribution in [2.24, 2.45) is 0 Å². The molecule has 0 fully saturated rings. The molecule has 0 saturated heterocycles. The first-order valence-electron chi connectivity index (χ1n) is 5.57. The average Bonchev–Trinajstić information content (AvgIpc) is 2.41. The molecule has 6 heteroatoms. The lowest BCUT2D eigenvalue weighted by Gasteiger charge is -2.07. The molecule has 0 bridgehead atoms. The van der Waals surface area contributed by atoms with Crippen molar-refractivity contribution in [2.75, 3.05) is 0 Å². The molecule has 0 aliphatic heterocycles. The van der Waals surface area contributed by atoms with E-state index in [9.17, 15) is 4.79 Å². The van der Waals surface area contributed by atoms with Gasteiger partial charge in [-0.1, -0.05) is 46.9 Å². The van der Waals surface area contributed by atoms with E-state index in [1.807, 2.05) is 12.1 Å². The topological polar surface area (TPSA) is 37.3 Å². The summed E-state index contributed by atoms with van der Waals surface area (Å²) in [6.45, 7) is 0. The van der Waals surface area contributed by atoms with Crippen molar-refractivity contribution in [3.63, 3.8) is 0 Å². The molecule has 0 atom stereocenters. The molecule has 0 aromatic heterocycles. The van der Waals surface area contributed by atoms with E-state index in [-0.39, 0.29) is 10.6 Å². The van der Waals surface area contributed by atoms with Crippen LogP contribution in [-0.2, 0) is 5.75 Å². The Morgan fingerprint density at radius 3 is 2.55 bits per heavy atom. The van der Waals surface area contributed by atoms with Crippen LogP contribution in [0.2, 0.25) is 15.1 Å². The van der Waals surface area contributed by atoms with Gasteiger partial charge in [0.15, 0.2) is 0 Å². The molecule has 0 aliphatic carbocycles. The zero-order valence-corrected chi connectivity index (χ0v) is 13.2. The second-order valence-corrected chi connectivity index (χ2v) is 6.19. The largest absolute Gasteiger partial charge is 0.478 e. The van der Waals surface area contributed by atoms with Gasteiger partial charge in [0.25, 0.3) is 0 Å². The first kappa shape index (κ1) is 15.5. The highest BCUT2D eigenvalue weighted by Gasteiger charge is 2.10. The zero-order chi connectivity index (χ0) is 14.7. The highest BCUT2D eigenvalue weighted by atomic mass is 35.5. The highest BCUT2D eigenvalue weighted by Crippen LogP contribution is 2.32. The Morgan fingerprint density at radius 1 is 1.10 bits per heavy atom. The minimum absolute atomic E-state index is 0.0915. The molecule has 2 rings (SSSR count). The number of hydrogen-bond donors (Lipinski definition) is 1. The van der Waals surface area contributed by atoms with Crippen LogP contribution < -0.4 is 0 Å². The molecule has 0 aliphatic rings. The van der Waals surface area contributed by atoms with Crippen LogP contribution in [0.25, 0.3) is 0 Å². The van der Waals surface area contributed by atoms with E-state index >= 15 is 0 Å². The number of thioether (sulfide) groups is 1. The van der Waals surface area contributed by atoms with Gasteiger partial charge in [0.1, 0.15) is 0 Å². The third kappa shape index (κ3) is 3.61. The summed E-state index contributed by atoms with van der Waals surface area (Å²) in [6, 6.07) is 10.3. The van der Waals surface area contributed by atoms with Gasteiger partial charge in [0, 0.05) is 10.6 Å². The van der Waals surface area contributed by atoms with E-state index in [0.29, 0.717) is 15.8 Å². The van der Waals surface area contributed by atoms with Crippen LogP contribution in [0.15, 0.2) is 41.3 Å². The van der Waals surface area contributed by atoms with E-state index in [1.54, 1.807) is 24.3 Å². The van der Waals surface area contributed by atoms with Gasteiger partial charge >= 0.3 is 5.97 Å². The monoisotopic (exact) mass is 346 g/mol. The smallest absolute Gasteiger partial charge is 0.337 e. The Balaban J connectivity index is 2.17. The number of carboxylic acids is 1. The van der Waals surface area contributed by atoms with Crippen molar-refractivity contribution in [3.05, 3.63) is 62.6 Å². The first-order chi connectivity index (χ1) is 9.49. The van der Waals surface area contributed by atoms with E-state index < -0.39 is 5.97 Å². The van der Waals surface area contributed by atoms with Gasteiger partial charge < -0.3 is 5.11 Å². The summed E-state index contributed by atoms with van der Waals surface area (Å²) < 4.78 is 0. The summed E-state index contributed by atoms with van der Waals surface area (Å²) in [4.78, 5) is 11.8. The molecule has 0 radical (unpaired) electrons. The van der Waals surface area contributed by atoms with E-state index in [0.717, 1.165) is 10.5 Å². The van der Waals surface area contributed by atoms with E-state index in [4.69, 9.17) is 39.9 Å². The fourth-order valence-corrected chi connectivity index (χ4v) is 3.17. The number of benzene rings is 2. The third-order valence-electron chi connectivity index (χ3n) is 2.59. The Hall–Kier alpha value is -0.870. The molecule has 1 N–H and O–H groups in total. The van der Waals surface area contributed by atoms with Gasteiger partial charge in [0.2, 0.25) is 0 Å². The van der Waals surface area contributed by atoms with Crippen LogP contribution in [0, 0.1) is 0 Å². The van der Waals surface area contributed by atoms with Crippen molar-refractivity contribution in [1.82, 2.24) is 0 Å². The molecule has 0 unspecified atom stereocenters. The van der Waals surface area contributed by atoms with Crippen LogP contribution in [0.3, 0.4) is 0 Å². The maximum absolute atomic E-state index is 11.0. The lowest BCUT2D eigenvalue weighted by molar-refractivity contribution is 0.0697. The number of rotatable bonds is 4. The van der Waals surface area contributed by atoms with Gasteiger partial charge in [-0.25, -0.2) is 4.79 Å². The predicted octanol–water partition coefficient (Wildman–Crippen LogP) is 5.64. The molecule has 0 heterocycles. The van der Waals surface area contributed by atoms with Crippen molar-refractivity contribution in [3.8, 4) is 0 Å². The fourth-order valence-electron chi connectivity index (χ4n) is 1.58. The van der Waals surface area contributed by atoms with Crippen LogP contribution in [0.4, 0.5) is 0 Å². The first-order valence-corrected chi connectivity index (χ1v) is 7.69. The summed E-state index contributed by atoms with van der Waals surface area (Å²) >= 11 is 19.4. The molecule has 0 spiro atoms. The predicted molar refractivity (Wildman–Crippen MR) is 84.4 cm³/mol. The van der Waals surface area contributed by atoms with E-state index in [2.05, 4.69) is 0 Å². The number of aromatic carboxylic acids is 1. The summed E-state index contributed by atoms with van der Waals surface area (Å²) in [5.41, 5.74) is 0.991. The second-order valence-electron chi connectivity index (χ2n) is 3.95. The lowest BCUT2D eigenvalue weighted by atomic mass is 10.2. The minimum atomic E-state index is -1.04. The van der Waals surface area contributed by atoms with Crippen molar-refractivity contribution < 1.29 is 9.90 Å². The van der Waals surface area contributed by atoms with Gasteiger partial charge in [-0.05, 0) is 29.8 Å². The van der Waals surface area contributed by atoms with Gasteiger partial charge in [-0.15, -0.1) is 11.8 Å². The molecular formula is C14H9Cl3O2S. The molecule has 0 amide bonds. The maximum Gasteiger partial charge on any atom is 0.337 e. The number of carbonyl (C=O) groups is 1. The highest BCUT2D eigenvalue weighted by molar-refractivity contribution is 7.98. The van der Waals surface area contributed by atoms with Crippen molar-refractivity contribution in [1.29, 1.82) is 0 Å². The molecule has 104 valence electrons. The van der Waals surface area contributed by atoms with Gasteiger partial charge in [-0.3, -0.25) is 0 Å². The molecule has 2 aromatic carbocycles. The Labute approximate surface area is 135 Å². The number of hydrogen-bond acceptors (Lipinski definition) is 2. The maximum atomic E-state index is 11.0. The fraction of sp³-hybridized carbons (Fsp3) is 0.0714. The van der Waals surface area contributed by atoms with Crippen LogP contribution in [-0.4, -0.2) is 11.1 Å². The van der Waals surface area contributed by atoms with Gasteiger partial charge in [-0.2, -0.15) is 0 Å². The molecule has 0 saturated carbocycles. The molecule has 2 nitrogen and oxygen atoms in total. The molecule has 20 heavy (non-hydrogen) atoms. The molecular weight excluding hydrogens is 339 g/mol. The van der Waals surface area contributed by atoms with Crippen molar-refractivity contribution in [2.45, 2.75) is 10.6 Å². The zero-order valence-electron chi connectivity index (χ0n) is 10.1. The quantitative estimate of drug-likeness (QED) is 0.727. The van der Waals surface area contributed by atoms with Crippen LogP contribution >= 0.6 is 46.6 Å². The van der Waals surface area contributed by atoms with Gasteiger partial charge in [0.05, 0.1) is 20.6 Å². The lowest BCUT2D eigenvalue weighted by Crippen LogP contribution is -1.97. The Morgan fingerprint density at radius 2 is 1.85 bits per heavy atom. The minimum Gasteiger partial charge on any atom is -0.478 e. The summed E-state index contributed by atoms with van der Waals surface area (Å²) in [6.07, 6.45) is 0. The summed E-state index contributed by atoms with van der Waals surface area (Å²) in [5.74, 6) is -0.446. The van der Waals surface area contributed by atoms with Crippen LogP contribution in [0.5, 0.6) is 0 Å². The second kappa shape index (κ2) is 6.72. The normalized spacial score (nSPS) is 10.6. The average molecular weight is 348 g/mol. The molecule has 2 aromatic rings. The number of carboxylic acid groups (broad SMARTS) is 1. The third-order valence-corrected chi connectivity index (χ3v) is 4.82. The Kier molecular flexibility index (Phi) is 5.22. The summed E-state index contributed by atoms with van der Waals surface area (Å²) in [7, 11) is 0. The van der Waals surface area contributed by atoms with Crippen molar-refractivity contribution >= 4 is 52.5 Å². The van der Waals surface area contributed by atoms with Crippen LogP contribution in [0.1, 0.15) is 15.9 Å².